The van der Waals surface area contributed by atoms with Crippen LogP contribution in [0.25, 0.3) is 16.6 Å². The first-order valence-electron chi connectivity index (χ1n) is 8.69. The molecule has 27 heavy (non-hydrogen) atoms. The third-order valence-corrected chi connectivity index (χ3v) is 4.78. The van der Waals surface area contributed by atoms with Crippen molar-refractivity contribution in [2.24, 2.45) is 0 Å². The van der Waals surface area contributed by atoms with Gasteiger partial charge in [-0.3, -0.25) is 4.79 Å². The fraction of sp³-hybridized carbons (Fsp3) is 0.0870. The molecule has 0 amide bonds. The number of methoxy groups -OCH3 is 1. The summed E-state index contributed by atoms with van der Waals surface area (Å²) in [7, 11) is 1.63. The number of rotatable bonds is 4. The van der Waals surface area contributed by atoms with Gasteiger partial charge in [-0.05, 0) is 37.3 Å². The van der Waals surface area contributed by atoms with E-state index >= 15 is 0 Å². The number of phenols is 1. The van der Waals surface area contributed by atoms with E-state index in [9.17, 15) is 9.90 Å². The molecular formula is C23H19NO3. The van der Waals surface area contributed by atoms with Gasteiger partial charge in [0.05, 0.1) is 23.9 Å². The first kappa shape index (κ1) is 16.9. The molecule has 0 fully saturated rings. The van der Waals surface area contributed by atoms with Crippen LogP contribution in [0.15, 0.2) is 72.8 Å². The van der Waals surface area contributed by atoms with Gasteiger partial charge in [0.1, 0.15) is 11.5 Å². The van der Waals surface area contributed by atoms with Crippen molar-refractivity contribution in [3.63, 3.8) is 0 Å². The topological polar surface area (TPSA) is 51.5 Å². The van der Waals surface area contributed by atoms with Crippen molar-refractivity contribution in [1.82, 2.24) is 4.57 Å². The largest absolute Gasteiger partial charge is 0.508 e. The number of hydrogen-bond donors (Lipinski definition) is 1. The predicted molar refractivity (Wildman–Crippen MR) is 106 cm³/mol. The van der Waals surface area contributed by atoms with Crippen LogP contribution in [0.1, 0.15) is 21.6 Å². The zero-order valence-corrected chi connectivity index (χ0v) is 15.1. The molecule has 0 spiro atoms. The Kier molecular flexibility index (Phi) is 4.16. The summed E-state index contributed by atoms with van der Waals surface area (Å²) in [5, 5.41) is 10.7. The Balaban J connectivity index is 2.05. The number of ketones is 1. The Hall–Kier alpha value is -3.53. The number of phenolic OH excluding ortho intramolecular Hbond substituents is 1. The maximum absolute atomic E-state index is 13.3. The lowest BCUT2D eigenvalue weighted by molar-refractivity contribution is 0.103. The van der Waals surface area contributed by atoms with Crippen LogP contribution in [-0.4, -0.2) is 22.6 Å². The van der Waals surface area contributed by atoms with Gasteiger partial charge in [0, 0.05) is 16.6 Å². The molecule has 4 rings (SSSR count). The van der Waals surface area contributed by atoms with Gasteiger partial charge in [-0.1, -0.05) is 42.5 Å². The number of fused-ring (bicyclic) bond motifs is 1. The van der Waals surface area contributed by atoms with Crippen LogP contribution in [0.3, 0.4) is 0 Å². The van der Waals surface area contributed by atoms with Crippen LogP contribution in [0, 0.1) is 6.92 Å². The average molecular weight is 357 g/mol. The molecule has 0 aliphatic rings. The summed E-state index contributed by atoms with van der Waals surface area (Å²) in [6, 6.07) is 22.0. The van der Waals surface area contributed by atoms with Crippen LogP contribution in [0.2, 0.25) is 0 Å². The van der Waals surface area contributed by atoms with E-state index in [0.29, 0.717) is 22.3 Å². The number of benzene rings is 3. The normalized spacial score (nSPS) is 10.9. The lowest BCUT2D eigenvalue weighted by atomic mass is 10.0. The summed E-state index contributed by atoms with van der Waals surface area (Å²) in [6.07, 6.45) is 0. The number of aromatic hydroxyl groups is 1. The molecule has 0 saturated heterocycles. The van der Waals surface area contributed by atoms with E-state index in [-0.39, 0.29) is 11.5 Å². The van der Waals surface area contributed by atoms with Gasteiger partial charge < -0.3 is 14.4 Å². The molecule has 0 saturated carbocycles. The van der Waals surface area contributed by atoms with Gasteiger partial charge >= 0.3 is 0 Å². The van der Waals surface area contributed by atoms with Crippen LogP contribution >= 0.6 is 0 Å². The maximum Gasteiger partial charge on any atom is 0.195 e. The molecule has 0 bridgehead atoms. The maximum atomic E-state index is 13.3. The standard InChI is InChI=1S/C23H19NO3/c1-15-22(23(26)16-8-4-3-5-9-16)18-14-17(25)12-13-19(18)24(15)20-10-6-7-11-21(20)27-2/h3-14,25H,1-2H3. The zero-order valence-electron chi connectivity index (χ0n) is 15.1. The van der Waals surface area contributed by atoms with Gasteiger partial charge in [0.2, 0.25) is 0 Å². The smallest absolute Gasteiger partial charge is 0.195 e. The minimum Gasteiger partial charge on any atom is -0.508 e. The summed E-state index contributed by atoms with van der Waals surface area (Å²) >= 11 is 0. The SMILES string of the molecule is COc1ccccc1-n1c(C)c(C(=O)c2ccccc2)c2cc(O)ccc21. The van der Waals surface area contributed by atoms with Crippen LogP contribution in [0.5, 0.6) is 11.5 Å². The summed E-state index contributed by atoms with van der Waals surface area (Å²) < 4.78 is 7.53. The van der Waals surface area contributed by atoms with E-state index in [2.05, 4.69) is 0 Å². The molecule has 4 heteroatoms. The fourth-order valence-corrected chi connectivity index (χ4v) is 3.55. The minimum atomic E-state index is -0.0719. The van der Waals surface area contributed by atoms with Crippen LogP contribution < -0.4 is 4.74 Å². The number of para-hydroxylation sites is 2. The first-order valence-corrected chi connectivity index (χ1v) is 8.69. The zero-order chi connectivity index (χ0) is 19.0. The third kappa shape index (κ3) is 2.75. The third-order valence-electron chi connectivity index (χ3n) is 4.78. The van der Waals surface area contributed by atoms with Gasteiger partial charge in [-0.25, -0.2) is 0 Å². The molecular weight excluding hydrogens is 338 g/mol. The average Bonchev–Trinajstić information content (AvgIpc) is 2.98. The second-order valence-electron chi connectivity index (χ2n) is 6.36. The highest BCUT2D eigenvalue weighted by molar-refractivity contribution is 6.18. The second-order valence-corrected chi connectivity index (χ2v) is 6.36. The van der Waals surface area contributed by atoms with Crippen LogP contribution in [0.4, 0.5) is 0 Å². The van der Waals surface area contributed by atoms with Gasteiger partial charge in [-0.15, -0.1) is 0 Å². The van der Waals surface area contributed by atoms with Gasteiger partial charge in [0.15, 0.2) is 5.78 Å². The molecule has 4 aromatic rings. The van der Waals surface area contributed by atoms with E-state index in [1.807, 2.05) is 60.0 Å². The summed E-state index contributed by atoms with van der Waals surface area (Å²) in [6.45, 7) is 1.92. The highest BCUT2D eigenvalue weighted by Crippen LogP contribution is 2.35. The van der Waals surface area contributed by atoms with Crippen molar-refractivity contribution >= 4 is 16.7 Å². The number of carbonyl (C=O) groups is 1. The Morgan fingerprint density at radius 2 is 1.67 bits per heavy atom. The molecule has 0 unspecified atom stereocenters. The number of hydrogen-bond acceptors (Lipinski definition) is 3. The van der Waals surface area contributed by atoms with Gasteiger partial charge in [0.25, 0.3) is 0 Å². The van der Waals surface area contributed by atoms with E-state index in [1.54, 1.807) is 31.4 Å². The molecule has 1 aromatic heterocycles. The van der Waals surface area contributed by atoms with Gasteiger partial charge in [-0.2, -0.15) is 0 Å². The van der Waals surface area contributed by atoms with Crippen molar-refractivity contribution in [2.75, 3.05) is 7.11 Å². The Morgan fingerprint density at radius 3 is 2.41 bits per heavy atom. The van der Waals surface area contributed by atoms with Crippen molar-refractivity contribution in [3.05, 3.63) is 89.6 Å². The molecule has 0 radical (unpaired) electrons. The molecule has 4 nitrogen and oxygen atoms in total. The molecule has 0 aliphatic carbocycles. The van der Waals surface area contributed by atoms with E-state index in [0.717, 1.165) is 16.9 Å². The van der Waals surface area contributed by atoms with E-state index < -0.39 is 0 Å². The minimum absolute atomic E-state index is 0.0719. The predicted octanol–water partition coefficient (Wildman–Crippen LogP) is 4.88. The summed E-state index contributed by atoms with van der Waals surface area (Å²) in [5.41, 5.74) is 3.68. The molecule has 1 N–H and O–H groups in total. The molecule has 134 valence electrons. The fourth-order valence-electron chi connectivity index (χ4n) is 3.55. The molecule has 0 aliphatic heterocycles. The first-order chi connectivity index (χ1) is 13.1. The lowest BCUT2D eigenvalue weighted by Crippen LogP contribution is -2.05. The second kappa shape index (κ2) is 6.65. The molecule has 3 aromatic carbocycles. The van der Waals surface area contributed by atoms with Crippen molar-refractivity contribution in [1.29, 1.82) is 0 Å². The number of ether oxygens (including phenoxy) is 1. The Labute approximate surface area is 157 Å². The van der Waals surface area contributed by atoms with Crippen molar-refractivity contribution < 1.29 is 14.6 Å². The van der Waals surface area contributed by atoms with E-state index in [1.165, 1.54) is 0 Å². The number of nitrogens with zero attached hydrogens (tertiary/aromatic N) is 1. The Bertz CT molecular complexity index is 1140. The summed E-state index contributed by atoms with van der Waals surface area (Å²) in [4.78, 5) is 13.3. The van der Waals surface area contributed by atoms with Crippen molar-refractivity contribution in [2.45, 2.75) is 6.92 Å². The quantitative estimate of drug-likeness (QED) is 0.529. The number of carbonyl (C=O) groups excluding carboxylic acids is 1. The molecule has 0 atom stereocenters. The highest BCUT2D eigenvalue weighted by atomic mass is 16.5. The number of aromatic nitrogens is 1. The molecule has 1 heterocycles. The highest BCUT2D eigenvalue weighted by Gasteiger charge is 2.23. The Morgan fingerprint density at radius 1 is 0.963 bits per heavy atom. The monoisotopic (exact) mass is 357 g/mol. The lowest BCUT2D eigenvalue weighted by Gasteiger charge is -2.13. The van der Waals surface area contributed by atoms with Crippen LogP contribution in [-0.2, 0) is 0 Å². The summed E-state index contributed by atoms with van der Waals surface area (Å²) in [5.74, 6) is 0.767. The van der Waals surface area contributed by atoms with Crippen molar-refractivity contribution in [3.8, 4) is 17.2 Å². The van der Waals surface area contributed by atoms with E-state index in [4.69, 9.17) is 4.74 Å².